The number of aliphatic carboxylic acids is 1. The maximum absolute atomic E-state index is 13.8. The summed E-state index contributed by atoms with van der Waals surface area (Å²) in [4.78, 5) is 36.1. The van der Waals surface area contributed by atoms with Crippen LogP contribution in [0.3, 0.4) is 0 Å². The summed E-state index contributed by atoms with van der Waals surface area (Å²) in [6, 6.07) is 13.4. The first-order valence-electron chi connectivity index (χ1n) is 9.13. The van der Waals surface area contributed by atoms with Gasteiger partial charge in [0.2, 0.25) is 5.91 Å². The Labute approximate surface area is 176 Å². The number of carboxylic acid groups (broad SMARTS) is 1. The van der Waals surface area contributed by atoms with E-state index in [2.05, 4.69) is 10.1 Å². The average molecular weight is 438 g/mol. The molecule has 7 nitrogen and oxygen atoms in total. The second-order valence-electron chi connectivity index (χ2n) is 6.58. The van der Waals surface area contributed by atoms with Gasteiger partial charge in [0.1, 0.15) is 6.04 Å². The minimum Gasteiger partial charge on any atom is -0.480 e. The first-order chi connectivity index (χ1) is 14.6. The van der Waals surface area contributed by atoms with Gasteiger partial charge in [0.25, 0.3) is 11.5 Å². The molecule has 2 aromatic rings. The van der Waals surface area contributed by atoms with Gasteiger partial charge < -0.3 is 20.5 Å². The number of halogens is 3. The largest absolute Gasteiger partial charge is 0.480 e. The summed E-state index contributed by atoms with van der Waals surface area (Å²) in [7, 11) is 0.737. The Morgan fingerprint density at radius 3 is 2.03 bits per heavy atom. The van der Waals surface area contributed by atoms with Crippen LogP contribution in [0.1, 0.15) is 11.1 Å². The molecule has 0 aromatic heterocycles. The number of carbonyl (C=O) groups excluding carboxylic acids is 2. The molecule has 0 spiro atoms. The number of nitrogens with one attached hydrogen (secondary N) is 2. The maximum Gasteiger partial charge on any atom is 0.430 e. The van der Waals surface area contributed by atoms with Gasteiger partial charge >= 0.3 is 12.1 Å². The number of carbonyl (C=O) groups is 3. The van der Waals surface area contributed by atoms with E-state index in [1.165, 1.54) is 18.2 Å². The number of carboxylic acids is 1. The predicted molar refractivity (Wildman–Crippen MR) is 104 cm³/mol. The lowest BCUT2D eigenvalue weighted by Gasteiger charge is -2.33. The number of rotatable bonds is 9. The van der Waals surface area contributed by atoms with Gasteiger partial charge in [-0.3, -0.25) is 9.59 Å². The van der Waals surface area contributed by atoms with Crippen molar-refractivity contribution in [2.24, 2.45) is 0 Å². The normalized spacial score (nSPS) is 14.2. The Morgan fingerprint density at radius 1 is 1.00 bits per heavy atom. The molecular weight excluding hydrogens is 417 g/mol. The van der Waals surface area contributed by atoms with Gasteiger partial charge in [0.15, 0.2) is 0 Å². The van der Waals surface area contributed by atoms with Crippen molar-refractivity contribution >= 4 is 17.8 Å². The smallest absolute Gasteiger partial charge is 0.430 e. The van der Waals surface area contributed by atoms with Crippen molar-refractivity contribution in [2.45, 2.75) is 24.2 Å². The van der Waals surface area contributed by atoms with Gasteiger partial charge in [-0.25, -0.2) is 4.79 Å². The number of hydrogen-bond donors (Lipinski definition) is 3. The Balaban J connectivity index is 2.11. The molecule has 3 N–H and O–H groups in total. The highest BCUT2D eigenvalue weighted by Gasteiger charge is 2.62. The van der Waals surface area contributed by atoms with E-state index in [1.54, 1.807) is 30.3 Å². The van der Waals surface area contributed by atoms with E-state index in [9.17, 15) is 32.7 Å². The number of alkyl halides is 3. The van der Waals surface area contributed by atoms with Crippen LogP contribution >= 0.6 is 0 Å². The molecule has 0 radical (unpaired) electrons. The first-order valence-corrected chi connectivity index (χ1v) is 9.13. The van der Waals surface area contributed by atoms with Crippen LogP contribution in [0.5, 0.6) is 0 Å². The first kappa shape index (κ1) is 23.9. The lowest BCUT2D eigenvalue weighted by molar-refractivity contribution is -0.265. The van der Waals surface area contributed by atoms with E-state index in [0.717, 1.165) is 19.2 Å². The molecular formula is C21H21F3N2O5. The SMILES string of the molecule is CO[C@@](C(=O)NCC(=O)N[C@H](Cc1ccccc1)C(=O)O)(c1ccccc1)C(F)(F)F. The molecule has 2 aromatic carbocycles. The Bertz CT molecular complexity index is 906. The molecule has 0 unspecified atom stereocenters. The van der Waals surface area contributed by atoms with Crippen molar-refractivity contribution < 1.29 is 37.4 Å². The third kappa shape index (κ3) is 5.60. The summed E-state index contributed by atoms with van der Waals surface area (Å²) in [5.74, 6) is -3.88. The summed E-state index contributed by atoms with van der Waals surface area (Å²) in [6.07, 6.45) is -5.16. The minimum absolute atomic E-state index is 0.0373. The molecule has 0 fully saturated rings. The molecule has 0 heterocycles. The van der Waals surface area contributed by atoms with Crippen molar-refractivity contribution in [1.82, 2.24) is 10.6 Å². The fourth-order valence-electron chi connectivity index (χ4n) is 3.00. The highest BCUT2D eigenvalue weighted by molar-refractivity contribution is 5.92. The standard InChI is InChI=1S/C21H21F3N2O5/c1-31-20(21(22,23)24,15-10-6-3-7-11-15)19(30)25-13-17(27)26-16(18(28)29)12-14-8-4-2-5-9-14/h2-11,16H,12-13H2,1H3,(H,25,30)(H,26,27)(H,28,29)/t16-,20-/m1/s1. The topological polar surface area (TPSA) is 105 Å². The molecule has 166 valence electrons. The molecule has 0 saturated heterocycles. The van der Waals surface area contributed by atoms with Crippen molar-refractivity contribution in [2.75, 3.05) is 13.7 Å². The van der Waals surface area contributed by atoms with E-state index in [-0.39, 0.29) is 6.42 Å². The second-order valence-corrected chi connectivity index (χ2v) is 6.58. The molecule has 2 atom stereocenters. The predicted octanol–water partition coefficient (Wildman–Crippen LogP) is 2.02. The summed E-state index contributed by atoms with van der Waals surface area (Å²) in [6.45, 7) is -0.870. The van der Waals surface area contributed by atoms with Gasteiger partial charge in [0, 0.05) is 19.1 Å². The van der Waals surface area contributed by atoms with E-state index in [1.807, 2.05) is 5.32 Å². The van der Waals surface area contributed by atoms with Crippen molar-refractivity contribution in [3.63, 3.8) is 0 Å². The van der Waals surface area contributed by atoms with E-state index >= 15 is 0 Å². The summed E-state index contributed by atoms with van der Waals surface area (Å²) in [5, 5.41) is 13.4. The molecule has 0 aliphatic carbocycles. The highest BCUT2D eigenvalue weighted by Crippen LogP contribution is 2.42. The second kappa shape index (κ2) is 10.1. The fraction of sp³-hybridized carbons (Fsp3) is 0.286. The molecule has 0 aliphatic rings. The molecule has 10 heteroatoms. The number of ether oxygens (including phenoxy) is 1. The van der Waals surface area contributed by atoms with Crippen LogP contribution in [-0.4, -0.2) is 48.8 Å². The van der Waals surface area contributed by atoms with Gasteiger partial charge in [-0.2, -0.15) is 13.2 Å². The van der Waals surface area contributed by atoms with Crippen LogP contribution in [0.4, 0.5) is 13.2 Å². The summed E-state index contributed by atoms with van der Waals surface area (Å²) in [5.41, 5.74) is -3.15. The molecule has 0 saturated carbocycles. The third-order valence-electron chi connectivity index (χ3n) is 4.53. The van der Waals surface area contributed by atoms with E-state index in [0.29, 0.717) is 5.56 Å². The zero-order valence-electron chi connectivity index (χ0n) is 16.5. The Morgan fingerprint density at radius 2 is 1.55 bits per heavy atom. The Kier molecular flexibility index (Phi) is 7.76. The van der Waals surface area contributed by atoms with Crippen LogP contribution < -0.4 is 10.6 Å². The summed E-state index contributed by atoms with van der Waals surface area (Å²) >= 11 is 0. The molecule has 2 amide bonds. The minimum atomic E-state index is -5.12. The number of benzene rings is 2. The fourth-order valence-corrected chi connectivity index (χ4v) is 3.00. The van der Waals surface area contributed by atoms with Crippen LogP contribution in [0, 0.1) is 0 Å². The molecule has 0 bridgehead atoms. The average Bonchev–Trinajstić information content (AvgIpc) is 2.73. The molecule has 31 heavy (non-hydrogen) atoms. The van der Waals surface area contributed by atoms with Crippen molar-refractivity contribution in [3.05, 3.63) is 71.8 Å². The lowest BCUT2D eigenvalue weighted by atomic mass is 9.91. The summed E-state index contributed by atoms with van der Waals surface area (Å²) < 4.78 is 46.1. The van der Waals surface area contributed by atoms with Crippen LogP contribution in [0.2, 0.25) is 0 Å². The Hall–Kier alpha value is -3.40. The van der Waals surface area contributed by atoms with Gasteiger partial charge in [-0.1, -0.05) is 60.7 Å². The monoisotopic (exact) mass is 438 g/mol. The van der Waals surface area contributed by atoms with Crippen molar-refractivity contribution in [1.29, 1.82) is 0 Å². The number of methoxy groups -OCH3 is 1. The van der Waals surface area contributed by atoms with Gasteiger partial charge in [-0.05, 0) is 5.56 Å². The number of hydrogen-bond acceptors (Lipinski definition) is 4. The maximum atomic E-state index is 13.8. The quantitative estimate of drug-likeness (QED) is 0.556. The zero-order chi connectivity index (χ0) is 23.1. The zero-order valence-corrected chi connectivity index (χ0v) is 16.5. The van der Waals surface area contributed by atoms with Crippen molar-refractivity contribution in [3.8, 4) is 0 Å². The van der Waals surface area contributed by atoms with Crippen LogP contribution in [-0.2, 0) is 31.1 Å². The third-order valence-corrected chi connectivity index (χ3v) is 4.53. The van der Waals surface area contributed by atoms with E-state index < -0.39 is 47.7 Å². The number of amides is 2. The molecule has 2 rings (SSSR count). The van der Waals surface area contributed by atoms with Gasteiger partial charge in [-0.15, -0.1) is 0 Å². The highest BCUT2D eigenvalue weighted by atomic mass is 19.4. The van der Waals surface area contributed by atoms with Crippen LogP contribution in [0.25, 0.3) is 0 Å². The van der Waals surface area contributed by atoms with Crippen LogP contribution in [0.15, 0.2) is 60.7 Å². The molecule has 0 aliphatic heterocycles. The van der Waals surface area contributed by atoms with Gasteiger partial charge in [0.05, 0.1) is 6.54 Å². The lowest BCUT2D eigenvalue weighted by Crippen LogP contribution is -2.57. The van der Waals surface area contributed by atoms with E-state index in [4.69, 9.17) is 0 Å².